The molecule has 0 aliphatic heterocycles. The molecule has 19 heavy (non-hydrogen) atoms. The van der Waals surface area contributed by atoms with Gasteiger partial charge in [-0.2, -0.15) is 0 Å². The Bertz CT molecular complexity index is 600. The molecular weight excluding hydrogens is 439 g/mol. The van der Waals surface area contributed by atoms with Crippen molar-refractivity contribution in [1.82, 2.24) is 10.3 Å². The molecule has 0 radical (unpaired) electrons. The van der Waals surface area contributed by atoms with Crippen LogP contribution in [0.2, 0.25) is 0 Å². The number of nitrogens with one attached hydrogen (secondary N) is 1. The fourth-order valence-corrected chi connectivity index (χ4v) is 3.26. The molecule has 0 unspecified atom stereocenters. The Morgan fingerprint density at radius 3 is 3.00 bits per heavy atom. The average molecular weight is 451 g/mol. The number of thiazole rings is 1. The molecule has 0 fully saturated rings. The summed E-state index contributed by atoms with van der Waals surface area (Å²) in [5, 5.41) is 3.84. The summed E-state index contributed by atoms with van der Waals surface area (Å²) in [6.07, 6.45) is 2.85. The molecule has 100 valence electrons. The SMILES string of the molecule is CCc1cnc(CNC(=O)c2cc(Br)ccc2I)s1. The van der Waals surface area contributed by atoms with Crippen molar-refractivity contribution in [3.05, 3.63) is 47.9 Å². The van der Waals surface area contributed by atoms with Crippen LogP contribution in [0.5, 0.6) is 0 Å². The second-order valence-corrected chi connectivity index (χ2v) is 7.16. The lowest BCUT2D eigenvalue weighted by molar-refractivity contribution is 0.0950. The number of hydrogen-bond donors (Lipinski definition) is 1. The zero-order chi connectivity index (χ0) is 13.8. The minimum absolute atomic E-state index is 0.0704. The van der Waals surface area contributed by atoms with Gasteiger partial charge in [-0.3, -0.25) is 4.79 Å². The van der Waals surface area contributed by atoms with E-state index < -0.39 is 0 Å². The van der Waals surface area contributed by atoms with Crippen LogP contribution >= 0.6 is 49.9 Å². The standard InChI is InChI=1S/C13H12BrIN2OS/c1-2-9-6-16-12(19-9)7-17-13(18)10-5-8(14)3-4-11(10)15/h3-6H,2,7H2,1H3,(H,17,18). The first kappa shape index (κ1) is 14.9. The number of benzene rings is 1. The van der Waals surface area contributed by atoms with E-state index in [-0.39, 0.29) is 5.91 Å². The number of amides is 1. The first-order valence-corrected chi connectivity index (χ1v) is 8.45. The largest absolute Gasteiger partial charge is 0.345 e. The molecule has 1 N–H and O–H groups in total. The molecule has 1 amide bonds. The molecule has 2 aromatic rings. The lowest BCUT2D eigenvalue weighted by Gasteiger charge is -2.06. The molecule has 0 saturated heterocycles. The van der Waals surface area contributed by atoms with E-state index in [9.17, 15) is 4.79 Å². The van der Waals surface area contributed by atoms with E-state index in [1.807, 2.05) is 24.4 Å². The smallest absolute Gasteiger partial charge is 0.252 e. The zero-order valence-corrected chi connectivity index (χ0v) is 14.8. The molecule has 2 rings (SSSR count). The van der Waals surface area contributed by atoms with Crippen molar-refractivity contribution >= 4 is 55.8 Å². The number of nitrogens with zero attached hydrogens (tertiary/aromatic N) is 1. The number of carbonyl (C=O) groups excluding carboxylic acids is 1. The molecule has 0 spiro atoms. The summed E-state index contributed by atoms with van der Waals surface area (Å²) in [4.78, 5) is 17.6. The number of halogens is 2. The highest BCUT2D eigenvalue weighted by molar-refractivity contribution is 14.1. The van der Waals surface area contributed by atoms with Crippen LogP contribution in [-0.2, 0) is 13.0 Å². The Labute approximate surface area is 138 Å². The third kappa shape index (κ3) is 4.00. The second kappa shape index (κ2) is 6.81. The highest BCUT2D eigenvalue weighted by Crippen LogP contribution is 2.19. The maximum absolute atomic E-state index is 12.1. The second-order valence-electron chi connectivity index (χ2n) is 3.88. The van der Waals surface area contributed by atoms with Crippen LogP contribution in [0.25, 0.3) is 0 Å². The van der Waals surface area contributed by atoms with Crippen LogP contribution < -0.4 is 5.32 Å². The summed E-state index contributed by atoms with van der Waals surface area (Å²) in [5.41, 5.74) is 0.683. The van der Waals surface area contributed by atoms with Gasteiger partial charge in [-0.1, -0.05) is 22.9 Å². The van der Waals surface area contributed by atoms with Crippen molar-refractivity contribution in [2.45, 2.75) is 19.9 Å². The molecular formula is C13H12BrIN2OS. The number of aromatic nitrogens is 1. The number of carbonyl (C=O) groups is 1. The molecule has 1 aromatic carbocycles. The molecule has 0 aliphatic carbocycles. The highest BCUT2D eigenvalue weighted by Gasteiger charge is 2.11. The number of rotatable bonds is 4. The van der Waals surface area contributed by atoms with Gasteiger partial charge in [0.05, 0.1) is 12.1 Å². The van der Waals surface area contributed by atoms with Gasteiger partial charge < -0.3 is 5.32 Å². The summed E-state index contributed by atoms with van der Waals surface area (Å²) in [6.45, 7) is 2.58. The Balaban J connectivity index is 2.03. The Kier molecular flexibility index (Phi) is 5.35. The number of hydrogen-bond acceptors (Lipinski definition) is 3. The lowest BCUT2D eigenvalue weighted by Crippen LogP contribution is -2.23. The Morgan fingerprint density at radius 2 is 2.32 bits per heavy atom. The van der Waals surface area contributed by atoms with E-state index in [1.54, 1.807) is 11.3 Å². The average Bonchev–Trinajstić information content (AvgIpc) is 2.87. The van der Waals surface area contributed by atoms with Gasteiger partial charge in [-0.15, -0.1) is 11.3 Å². The van der Waals surface area contributed by atoms with Gasteiger partial charge >= 0.3 is 0 Å². The van der Waals surface area contributed by atoms with Crippen LogP contribution in [0.15, 0.2) is 28.9 Å². The maximum Gasteiger partial charge on any atom is 0.252 e. The van der Waals surface area contributed by atoms with Gasteiger partial charge in [0.1, 0.15) is 5.01 Å². The first-order chi connectivity index (χ1) is 9.10. The van der Waals surface area contributed by atoms with Gasteiger partial charge in [-0.25, -0.2) is 4.98 Å². The van der Waals surface area contributed by atoms with Gasteiger partial charge in [0.2, 0.25) is 0 Å². The van der Waals surface area contributed by atoms with E-state index in [1.165, 1.54) is 4.88 Å². The van der Waals surface area contributed by atoms with Crippen molar-refractivity contribution < 1.29 is 4.79 Å². The summed E-state index contributed by atoms with van der Waals surface area (Å²) in [6, 6.07) is 5.67. The van der Waals surface area contributed by atoms with E-state index in [0.717, 1.165) is 19.5 Å². The van der Waals surface area contributed by atoms with Crippen molar-refractivity contribution in [1.29, 1.82) is 0 Å². The highest BCUT2D eigenvalue weighted by atomic mass is 127. The van der Waals surface area contributed by atoms with Crippen LogP contribution in [-0.4, -0.2) is 10.9 Å². The normalized spacial score (nSPS) is 10.5. The molecule has 0 saturated carbocycles. The van der Waals surface area contributed by atoms with Gasteiger partial charge in [0, 0.05) is 19.1 Å². The molecule has 1 aromatic heterocycles. The predicted molar refractivity (Wildman–Crippen MR) is 89.5 cm³/mol. The van der Waals surface area contributed by atoms with E-state index in [4.69, 9.17) is 0 Å². The van der Waals surface area contributed by atoms with E-state index in [0.29, 0.717) is 12.1 Å². The molecule has 0 aliphatic rings. The number of aryl methyl sites for hydroxylation is 1. The zero-order valence-electron chi connectivity index (χ0n) is 10.2. The van der Waals surface area contributed by atoms with Crippen molar-refractivity contribution in [3.8, 4) is 0 Å². The molecule has 6 heteroatoms. The monoisotopic (exact) mass is 450 g/mol. The van der Waals surface area contributed by atoms with Crippen molar-refractivity contribution in [2.24, 2.45) is 0 Å². The maximum atomic E-state index is 12.1. The summed E-state index contributed by atoms with van der Waals surface area (Å²) >= 11 is 7.18. The summed E-state index contributed by atoms with van der Waals surface area (Å²) < 4.78 is 1.84. The third-order valence-corrected chi connectivity index (χ3v) is 5.10. The quantitative estimate of drug-likeness (QED) is 0.715. The van der Waals surface area contributed by atoms with Gasteiger partial charge in [0.25, 0.3) is 5.91 Å². The predicted octanol–water partition coefficient (Wildman–Crippen LogP) is 4.00. The minimum Gasteiger partial charge on any atom is -0.345 e. The topological polar surface area (TPSA) is 42.0 Å². The van der Waals surface area contributed by atoms with E-state index in [2.05, 4.69) is 55.7 Å². The summed E-state index contributed by atoms with van der Waals surface area (Å²) in [5.74, 6) is -0.0704. The third-order valence-electron chi connectivity index (χ3n) is 2.52. The van der Waals surface area contributed by atoms with Crippen molar-refractivity contribution in [3.63, 3.8) is 0 Å². The van der Waals surface area contributed by atoms with E-state index >= 15 is 0 Å². The molecule has 0 bridgehead atoms. The summed E-state index contributed by atoms with van der Waals surface area (Å²) in [7, 11) is 0. The Morgan fingerprint density at radius 1 is 1.53 bits per heavy atom. The van der Waals surface area contributed by atoms with Crippen LogP contribution in [0.3, 0.4) is 0 Å². The van der Waals surface area contributed by atoms with Gasteiger partial charge in [-0.05, 0) is 47.2 Å². The fourth-order valence-electron chi connectivity index (χ4n) is 1.52. The minimum atomic E-state index is -0.0704. The van der Waals surface area contributed by atoms with Crippen LogP contribution in [0, 0.1) is 3.57 Å². The van der Waals surface area contributed by atoms with Crippen LogP contribution in [0.1, 0.15) is 27.2 Å². The molecule has 1 heterocycles. The Hall–Kier alpha value is -0.470. The van der Waals surface area contributed by atoms with Crippen LogP contribution in [0.4, 0.5) is 0 Å². The lowest BCUT2D eigenvalue weighted by atomic mass is 10.2. The molecule has 3 nitrogen and oxygen atoms in total. The molecule has 0 atom stereocenters. The van der Waals surface area contributed by atoms with Crippen molar-refractivity contribution in [2.75, 3.05) is 0 Å². The van der Waals surface area contributed by atoms with Gasteiger partial charge in [0.15, 0.2) is 0 Å². The first-order valence-electron chi connectivity index (χ1n) is 5.77. The fraction of sp³-hybridized carbons (Fsp3) is 0.231.